The van der Waals surface area contributed by atoms with E-state index in [4.69, 9.17) is 4.74 Å². The molecule has 1 atom stereocenters. The molecule has 0 aliphatic carbocycles. The molecule has 0 fully saturated rings. The maximum atomic E-state index is 11.6. The molecule has 1 unspecified atom stereocenters. The summed E-state index contributed by atoms with van der Waals surface area (Å²) in [4.78, 5) is 13.6. The molecule has 3 nitrogen and oxygen atoms in total. The molecule has 0 rings (SSSR count). The standard InChI is InChI=1S/C22H43NO2/c1-6-7-8-9-10-11-12-13-14-15-16-17-18-19-21(23(4)5)25-22(24)20(2)3/h21H,2,6-19H2,1,3-5H3. The molecule has 0 bridgehead atoms. The molecule has 0 radical (unpaired) electrons. The van der Waals surface area contributed by atoms with E-state index in [2.05, 4.69) is 13.5 Å². The van der Waals surface area contributed by atoms with E-state index in [9.17, 15) is 4.79 Å². The first-order valence-electron chi connectivity index (χ1n) is 10.5. The van der Waals surface area contributed by atoms with E-state index in [1.165, 1.54) is 77.0 Å². The van der Waals surface area contributed by atoms with Crippen LogP contribution in [-0.4, -0.2) is 31.2 Å². The molecule has 0 aliphatic rings. The summed E-state index contributed by atoms with van der Waals surface area (Å²) in [6.45, 7) is 7.61. The lowest BCUT2D eigenvalue weighted by Crippen LogP contribution is -2.33. The van der Waals surface area contributed by atoms with Crippen molar-refractivity contribution >= 4 is 5.97 Å². The number of carbonyl (C=O) groups is 1. The van der Waals surface area contributed by atoms with Crippen molar-refractivity contribution in [2.75, 3.05) is 14.1 Å². The van der Waals surface area contributed by atoms with E-state index in [-0.39, 0.29) is 12.2 Å². The van der Waals surface area contributed by atoms with Crippen molar-refractivity contribution in [3.8, 4) is 0 Å². The van der Waals surface area contributed by atoms with Crippen LogP contribution >= 0.6 is 0 Å². The largest absolute Gasteiger partial charge is 0.443 e. The molecule has 0 heterocycles. The molecule has 0 aromatic carbocycles. The van der Waals surface area contributed by atoms with E-state index in [1.807, 2.05) is 19.0 Å². The van der Waals surface area contributed by atoms with Gasteiger partial charge in [-0.25, -0.2) is 4.79 Å². The van der Waals surface area contributed by atoms with Crippen LogP contribution in [0.2, 0.25) is 0 Å². The van der Waals surface area contributed by atoms with Crippen molar-refractivity contribution in [2.45, 2.75) is 110 Å². The zero-order chi connectivity index (χ0) is 18.9. The third-order valence-electron chi connectivity index (χ3n) is 4.72. The lowest BCUT2D eigenvalue weighted by atomic mass is 10.0. The summed E-state index contributed by atoms with van der Waals surface area (Å²) in [6, 6.07) is 0. The maximum absolute atomic E-state index is 11.6. The molecule has 25 heavy (non-hydrogen) atoms. The van der Waals surface area contributed by atoms with Crippen molar-refractivity contribution in [1.29, 1.82) is 0 Å². The van der Waals surface area contributed by atoms with E-state index in [0.717, 1.165) is 12.8 Å². The summed E-state index contributed by atoms with van der Waals surface area (Å²) < 4.78 is 5.47. The molecule has 0 N–H and O–H groups in total. The van der Waals surface area contributed by atoms with Gasteiger partial charge < -0.3 is 4.74 Å². The Hall–Kier alpha value is -0.830. The van der Waals surface area contributed by atoms with Gasteiger partial charge in [0.05, 0.1) is 0 Å². The number of hydrogen-bond acceptors (Lipinski definition) is 3. The van der Waals surface area contributed by atoms with E-state index in [1.54, 1.807) is 6.92 Å². The highest BCUT2D eigenvalue weighted by molar-refractivity contribution is 5.87. The Balaban J connectivity index is 3.49. The van der Waals surface area contributed by atoms with Crippen molar-refractivity contribution in [1.82, 2.24) is 4.90 Å². The average Bonchev–Trinajstić information content (AvgIpc) is 2.57. The molecule has 0 saturated heterocycles. The Kier molecular flexibility index (Phi) is 16.1. The average molecular weight is 354 g/mol. The molecule has 0 amide bonds. The molecule has 0 spiro atoms. The lowest BCUT2D eigenvalue weighted by Gasteiger charge is -2.24. The second-order valence-electron chi connectivity index (χ2n) is 7.64. The quantitative estimate of drug-likeness (QED) is 0.130. The summed E-state index contributed by atoms with van der Waals surface area (Å²) in [5.74, 6) is -0.284. The third-order valence-corrected chi connectivity index (χ3v) is 4.72. The van der Waals surface area contributed by atoms with Crippen molar-refractivity contribution in [2.24, 2.45) is 0 Å². The zero-order valence-electron chi connectivity index (χ0n) is 17.4. The van der Waals surface area contributed by atoms with Crippen molar-refractivity contribution < 1.29 is 9.53 Å². The van der Waals surface area contributed by atoms with Crippen LogP contribution in [0.1, 0.15) is 104 Å². The highest BCUT2D eigenvalue weighted by atomic mass is 16.6. The Labute approximate surface area is 157 Å². The molecular formula is C22H43NO2. The van der Waals surface area contributed by atoms with Crippen LogP contribution in [0.3, 0.4) is 0 Å². The number of carbonyl (C=O) groups excluding carboxylic acids is 1. The van der Waals surface area contributed by atoms with E-state index >= 15 is 0 Å². The third kappa shape index (κ3) is 15.2. The Morgan fingerprint density at radius 2 is 1.24 bits per heavy atom. The Bertz CT molecular complexity index is 339. The first kappa shape index (κ1) is 24.2. The van der Waals surface area contributed by atoms with Crippen LogP contribution < -0.4 is 0 Å². The lowest BCUT2D eigenvalue weighted by molar-refractivity contribution is -0.152. The fourth-order valence-electron chi connectivity index (χ4n) is 2.98. The number of esters is 1. The molecule has 0 aromatic rings. The van der Waals surface area contributed by atoms with Crippen molar-refractivity contribution in [3.05, 3.63) is 12.2 Å². The minimum atomic E-state index is -0.284. The van der Waals surface area contributed by atoms with Gasteiger partial charge in [0.1, 0.15) is 0 Å². The van der Waals surface area contributed by atoms with Gasteiger partial charge in [0.2, 0.25) is 0 Å². The predicted molar refractivity (Wildman–Crippen MR) is 109 cm³/mol. The van der Waals surface area contributed by atoms with Crippen LogP contribution in [0.15, 0.2) is 12.2 Å². The Morgan fingerprint density at radius 3 is 1.60 bits per heavy atom. The number of unbranched alkanes of at least 4 members (excludes halogenated alkanes) is 12. The monoisotopic (exact) mass is 353 g/mol. The fraction of sp³-hybridized carbons (Fsp3) is 0.864. The summed E-state index contributed by atoms with van der Waals surface area (Å²) in [5.41, 5.74) is 0.470. The van der Waals surface area contributed by atoms with Gasteiger partial charge in [0, 0.05) is 5.57 Å². The van der Waals surface area contributed by atoms with Gasteiger partial charge in [0.25, 0.3) is 0 Å². The number of rotatable bonds is 17. The topological polar surface area (TPSA) is 29.5 Å². The first-order chi connectivity index (χ1) is 12.0. The molecule has 0 aliphatic heterocycles. The normalized spacial score (nSPS) is 12.4. The van der Waals surface area contributed by atoms with E-state index in [0.29, 0.717) is 5.57 Å². The van der Waals surface area contributed by atoms with Gasteiger partial charge in [-0.2, -0.15) is 0 Å². The predicted octanol–water partition coefficient (Wildman–Crippen LogP) is 6.47. The highest BCUT2D eigenvalue weighted by Gasteiger charge is 2.16. The number of hydrogen-bond donors (Lipinski definition) is 0. The summed E-state index contributed by atoms with van der Waals surface area (Å²) in [5, 5.41) is 0. The van der Waals surface area contributed by atoms with Gasteiger partial charge in [-0.1, -0.05) is 90.6 Å². The fourth-order valence-corrected chi connectivity index (χ4v) is 2.98. The van der Waals surface area contributed by atoms with Gasteiger partial charge in [0.15, 0.2) is 6.23 Å². The van der Waals surface area contributed by atoms with Crippen LogP contribution in [0.25, 0.3) is 0 Å². The van der Waals surface area contributed by atoms with Gasteiger partial charge >= 0.3 is 5.97 Å². The van der Waals surface area contributed by atoms with Crippen molar-refractivity contribution in [3.63, 3.8) is 0 Å². The van der Waals surface area contributed by atoms with Crippen LogP contribution in [0, 0.1) is 0 Å². The SMILES string of the molecule is C=C(C)C(=O)OC(CCCCCCCCCCCCCCC)N(C)C. The molecular weight excluding hydrogens is 310 g/mol. The molecule has 148 valence electrons. The summed E-state index contributed by atoms with van der Waals surface area (Å²) in [7, 11) is 3.91. The minimum Gasteiger partial charge on any atom is -0.443 e. The summed E-state index contributed by atoms with van der Waals surface area (Å²) in [6.07, 6.45) is 18.4. The van der Waals surface area contributed by atoms with Gasteiger partial charge in [-0.3, -0.25) is 4.90 Å². The smallest absolute Gasteiger partial charge is 0.334 e. The summed E-state index contributed by atoms with van der Waals surface area (Å²) >= 11 is 0. The molecule has 3 heteroatoms. The Morgan fingerprint density at radius 1 is 0.840 bits per heavy atom. The van der Waals surface area contributed by atoms with Crippen LogP contribution in [0.5, 0.6) is 0 Å². The number of ether oxygens (including phenoxy) is 1. The second kappa shape index (κ2) is 16.6. The minimum absolute atomic E-state index is 0.128. The molecule has 0 saturated carbocycles. The van der Waals surface area contributed by atoms with Gasteiger partial charge in [-0.05, 0) is 33.9 Å². The maximum Gasteiger partial charge on any atom is 0.334 e. The molecule has 0 aromatic heterocycles. The van der Waals surface area contributed by atoms with E-state index < -0.39 is 0 Å². The number of nitrogens with zero attached hydrogens (tertiary/aromatic N) is 1. The highest BCUT2D eigenvalue weighted by Crippen LogP contribution is 2.15. The zero-order valence-corrected chi connectivity index (χ0v) is 17.4. The first-order valence-corrected chi connectivity index (χ1v) is 10.5. The second-order valence-corrected chi connectivity index (χ2v) is 7.64. The van der Waals surface area contributed by atoms with Gasteiger partial charge in [-0.15, -0.1) is 0 Å². The van der Waals surface area contributed by atoms with Crippen LogP contribution in [-0.2, 0) is 9.53 Å². The van der Waals surface area contributed by atoms with Crippen LogP contribution in [0.4, 0.5) is 0 Å².